The van der Waals surface area contributed by atoms with Crippen molar-refractivity contribution in [3.05, 3.63) is 0 Å². The van der Waals surface area contributed by atoms with Crippen LogP contribution in [-0.4, -0.2) is 38.3 Å². The number of ether oxygens (including phenoxy) is 1. The largest absolute Gasteiger partial charge is 0.379 e. The van der Waals surface area contributed by atoms with E-state index in [4.69, 9.17) is 4.74 Å². The molecule has 2 saturated carbocycles. The average molecular weight is 240 g/mol. The molecule has 1 amide bonds. The van der Waals surface area contributed by atoms with Gasteiger partial charge in [0.25, 0.3) is 0 Å². The lowest BCUT2D eigenvalue weighted by Crippen LogP contribution is -2.39. The number of carbonyl (C=O) groups excluding carboxylic acids is 1. The highest BCUT2D eigenvalue weighted by atomic mass is 16.5. The van der Waals surface area contributed by atoms with Crippen LogP contribution in [0.4, 0.5) is 0 Å². The maximum absolute atomic E-state index is 11.5. The van der Waals surface area contributed by atoms with E-state index in [0.29, 0.717) is 25.7 Å². The molecule has 2 fully saturated rings. The quantitative estimate of drug-likeness (QED) is 0.624. The van der Waals surface area contributed by atoms with E-state index in [1.165, 1.54) is 38.5 Å². The van der Waals surface area contributed by atoms with Gasteiger partial charge in [0.2, 0.25) is 5.91 Å². The first-order valence-corrected chi connectivity index (χ1v) is 6.92. The highest BCUT2D eigenvalue weighted by molar-refractivity contribution is 5.77. The molecule has 98 valence electrons. The van der Waals surface area contributed by atoms with Crippen molar-refractivity contribution in [1.29, 1.82) is 0 Å². The molecule has 0 aromatic heterocycles. The van der Waals surface area contributed by atoms with Gasteiger partial charge in [0.15, 0.2) is 0 Å². The zero-order valence-electron chi connectivity index (χ0n) is 10.5. The first-order chi connectivity index (χ1) is 8.34. The van der Waals surface area contributed by atoms with Gasteiger partial charge in [-0.2, -0.15) is 0 Å². The third kappa shape index (κ3) is 5.50. The van der Waals surface area contributed by atoms with Crippen LogP contribution >= 0.6 is 0 Å². The highest BCUT2D eigenvalue weighted by Gasteiger charge is 2.20. The summed E-state index contributed by atoms with van der Waals surface area (Å²) in [5.41, 5.74) is 0. The topological polar surface area (TPSA) is 50.4 Å². The van der Waals surface area contributed by atoms with Crippen molar-refractivity contribution in [1.82, 2.24) is 10.6 Å². The Morgan fingerprint density at radius 2 is 1.94 bits per heavy atom. The summed E-state index contributed by atoms with van der Waals surface area (Å²) in [7, 11) is 0. The monoisotopic (exact) mass is 240 g/mol. The fraction of sp³-hybridized carbons (Fsp3) is 0.923. The highest BCUT2D eigenvalue weighted by Crippen LogP contribution is 2.28. The Balaban J connectivity index is 1.40. The fourth-order valence-corrected chi connectivity index (χ4v) is 2.23. The molecule has 0 aliphatic heterocycles. The summed E-state index contributed by atoms with van der Waals surface area (Å²) >= 11 is 0. The van der Waals surface area contributed by atoms with Crippen molar-refractivity contribution in [3.8, 4) is 0 Å². The van der Waals surface area contributed by atoms with E-state index in [9.17, 15) is 4.79 Å². The van der Waals surface area contributed by atoms with Crippen LogP contribution < -0.4 is 10.6 Å². The molecule has 0 aromatic carbocycles. The van der Waals surface area contributed by atoms with Crippen LogP contribution in [0.1, 0.15) is 38.5 Å². The zero-order chi connectivity index (χ0) is 11.9. The van der Waals surface area contributed by atoms with Crippen LogP contribution in [0.2, 0.25) is 0 Å². The predicted octanol–water partition coefficient (Wildman–Crippen LogP) is 1.06. The maximum atomic E-state index is 11.5. The Hall–Kier alpha value is -0.610. The molecule has 2 rings (SSSR count). The molecule has 0 saturated heterocycles. The zero-order valence-corrected chi connectivity index (χ0v) is 10.5. The summed E-state index contributed by atoms with van der Waals surface area (Å²) in [5.74, 6) is 0.890. The second-order valence-corrected chi connectivity index (χ2v) is 5.23. The molecule has 0 spiro atoms. The summed E-state index contributed by atoms with van der Waals surface area (Å²) in [6.07, 6.45) is 7.67. The van der Waals surface area contributed by atoms with E-state index in [0.717, 1.165) is 12.5 Å². The number of amides is 1. The normalized spacial score (nSPS) is 20.7. The van der Waals surface area contributed by atoms with Crippen molar-refractivity contribution in [3.63, 3.8) is 0 Å². The number of rotatable bonds is 8. The molecule has 0 atom stereocenters. The molecule has 4 heteroatoms. The Kier molecular flexibility index (Phi) is 5.26. The number of hydrogen-bond donors (Lipinski definition) is 2. The van der Waals surface area contributed by atoms with E-state index in [1.807, 2.05) is 0 Å². The molecule has 2 N–H and O–H groups in total. The molecule has 2 aliphatic rings. The van der Waals surface area contributed by atoms with Gasteiger partial charge in [-0.15, -0.1) is 0 Å². The third-order valence-corrected chi connectivity index (χ3v) is 3.53. The molecular weight excluding hydrogens is 216 g/mol. The lowest BCUT2D eigenvalue weighted by molar-refractivity contribution is -0.120. The van der Waals surface area contributed by atoms with Crippen LogP contribution in [0.3, 0.4) is 0 Å². The number of nitrogens with one attached hydrogen (secondary N) is 2. The molecule has 0 bridgehead atoms. The van der Waals surface area contributed by atoms with Crippen molar-refractivity contribution < 1.29 is 9.53 Å². The van der Waals surface area contributed by atoms with Gasteiger partial charge in [0.05, 0.1) is 13.2 Å². The van der Waals surface area contributed by atoms with E-state index >= 15 is 0 Å². The minimum absolute atomic E-state index is 0.0897. The van der Waals surface area contributed by atoms with Gasteiger partial charge >= 0.3 is 0 Å². The van der Waals surface area contributed by atoms with Crippen LogP contribution in [0.5, 0.6) is 0 Å². The minimum atomic E-state index is 0.0897. The molecule has 0 radical (unpaired) electrons. The van der Waals surface area contributed by atoms with E-state index < -0.39 is 0 Å². The van der Waals surface area contributed by atoms with Crippen molar-refractivity contribution >= 4 is 5.91 Å². The Labute approximate surface area is 103 Å². The van der Waals surface area contributed by atoms with Gasteiger partial charge in [0, 0.05) is 19.2 Å². The Morgan fingerprint density at radius 3 is 2.65 bits per heavy atom. The van der Waals surface area contributed by atoms with Crippen molar-refractivity contribution in [2.24, 2.45) is 5.92 Å². The molecule has 0 heterocycles. The molecule has 17 heavy (non-hydrogen) atoms. The summed E-state index contributed by atoms with van der Waals surface area (Å²) in [4.78, 5) is 11.5. The van der Waals surface area contributed by atoms with Crippen LogP contribution in [0.15, 0.2) is 0 Å². The van der Waals surface area contributed by atoms with Gasteiger partial charge in [0.1, 0.15) is 0 Å². The van der Waals surface area contributed by atoms with Gasteiger partial charge < -0.3 is 15.4 Å². The molecule has 2 aliphatic carbocycles. The van der Waals surface area contributed by atoms with Gasteiger partial charge in [-0.05, 0) is 31.6 Å². The molecule has 0 aromatic rings. The van der Waals surface area contributed by atoms with E-state index in [-0.39, 0.29) is 5.91 Å². The summed E-state index contributed by atoms with van der Waals surface area (Å²) < 4.78 is 5.45. The lowest BCUT2D eigenvalue weighted by Gasteiger charge is -2.11. The molecule has 0 unspecified atom stereocenters. The Bertz CT molecular complexity index is 236. The number of carbonyl (C=O) groups is 1. The first-order valence-electron chi connectivity index (χ1n) is 6.92. The van der Waals surface area contributed by atoms with Crippen LogP contribution in [0.25, 0.3) is 0 Å². The van der Waals surface area contributed by atoms with E-state index in [2.05, 4.69) is 10.6 Å². The second-order valence-electron chi connectivity index (χ2n) is 5.23. The lowest BCUT2D eigenvalue weighted by atomic mass is 10.2. The standard InChI is InChI=1S/C13H24N2O2/c16-13(9-15-12-3-1-2-4-12)14-7-8-17-10-11-5-6-11/h11-12,15H,1-10H2,(H,14,16). The smallest absolute Gasteiger partial charge is 0.234 e. The summed E-state index contributed by atoms with van der Waals surface area (Å²) in [6, 6.07) is 0.562. The van der Waals surface area contributed by atoms with Crippen molar-refractivity contribution in [2.75, 3.05) is 26.3 Å². The maximum Gasteiger partial charge on any atom is 0.234 e. The second kappa shape index (κ2) is 6.97. The van der Waals surface area contributed by atoms with E-state index in [1.54, 1.807) is 0 Å². The number of hydrogen-bond acceptors (Lipinski definition) is 3. The molecular formula is C13H24N2O2. The average Bonchev–Trinajstić information content (AvgIpc) is 3.00. The summed E-state index contributed by atoms with van der Waals surface area (Å²) in [6.45, 7) is 2.60. The minimum Gasteiger partial charge on any atom is -0.379 e. The van der Waals surface area contributed by atoms with Crippen molar-refractivity contribution in [2.45, 2.75) is 44.6 Å². The van der Waals surface area contributed by atoms with Crippen LogP contribution in [-0.2, 0) is 9.53 Å². The SMILES string of the molecule is O=C(CNC1CCCC1)NCCOCC1CC1. The van der Waals surface area contributed by atoms with Gasteiger partial charge in [-0.3, -0.25) is 4.79 Å². The predicted molar refractivity (Wildman–Crippen MR) is 66.8 cm³/mol. The van der Waals surface area contributed by atoms with Gasteiger partial charge in [-0.25, -0.2) is 0 Å². The molecule has 4 nitrogen and oxygen atoms in total. The third-order valence-electron chi connectivity index (χ3n) is 3.53. The fourth-order valence-electron chi connectivity index (χ4n) is 2.23. The summed E-state index contributed by atoms with van der Waals surface area (Å²) in [5, 5.41) is 6.17. The van der Waals surface area contributed by atoms with Crippen LogP contribution in [0, 0.1) is 5.92 Å². The Morgan fingerprint density at radius 1 is 1.18 bits per heavy atom. The van der Waals surface area contributed by atoms with Gasteiger partial charge in [-0.1, -0.05) is 12.8 Å². The first kappa shape index (κ1) is 12.8.